The van der Waals surface area contributed by atoms with Gasteiger partial charge in [0, 0.05) is 29.3 Å². The number of amides is 1. The number of primary amides is 1. The summed E-state index contributed by atoms with van der Waals surface area (Å²) in [5, 5.41) is 7.09. The number of carbonyl (C=O) groups excluding carboxylic acids is 1. The van der Waals surface area contributed by atoms with Crippen LogP contribution in [0.2, 0.25) is 0 Å². The molecule has 0 fully saturated rings. The number of nitrogens with zero attached hydrogens (tertiary/aromatic N) is 1. The maximum atomic E-state index is 13.8. The summed E-state index contributed by atoms with van der Waals surface area (Å²) in [5.41, 5.74) is 7.65. The molecule has 3 N–H and O–H groups in total. The SMILES string of the molecule is Cc1noc(C)c1C(C)NCc1cc(C(N)=O)ccc1F. The first-order valence-electron chi connectivity index (χ1n) is 6.64. The molecule has 1 amide bonds. The fourth-order valence-electron chi connectivity index (χ4n) is 2.34. The largest absolute Gasteiger partial charge is 0.366 e. The molecule has 0 spiro atoms. The van der Waals surface area contributed by atoms with E-state index in [0.29, 0.717) is 5.56 Å². The topological polar surface area (TPSA) is 81.2 Å². The fourth-order valence-corrected chi connectivity index (χ4v) is 2.34. The number of rotatable bonds is 5. The van der Waals surface area contributed by atoms with Crippen LogP contribution in [0, 0.1) is 19.7 Å². The van der Waals surface area contributed by atoms with Gasteiger partial charge in [0.15, 0.2) is 0 Å². The highest BCUT2D eigenvalue weighted by Gasteiger charge is 2.16. The summed E-state index contributed by atoms with van der Waals surface area (Å²) in [5.74, 6) is -0.215. The van der Waals surface area contributed by atoms with E-state index in [4.69, 9.17) is 10.3 Å². The van der Waals surface area contributed by atoms with E-state index >= 15 is 0 Å². The molecule has 0 bridgehead atoms. The summed E-state index contributed by atoms with van der Waals surface area (Å²) < 4.78 is 18.9. The fraction of sp³-hybridized carbons (Fsp3) is 0.333. The average Bonchev–Trinajstić information content (AvgIpc) is 2.76. The van der Waals surface area contributed by atoms with E-state index in [2.05, 4.69) is 10.5 Å². The molecule has 1 aromatic heterocycles. The number of aryl methyl sites for hydroxylation is 2. The van der Waals surface area contributed by atoms with Crippen LogP contribution in [0.1, 0.15) is 45.9 Å². The van der Waals surface area contributed by atoms with Crippen LogP contribution in [0.3, 0.4) is 0 Å². The van der Waals surface area contributed by atoms with Crippen molar-refractivity contribution >= 4 is 5.91 Å². The summed E-state index contributed by atoms with van der Waals surface area (Å²) in [6.45, 7) is 5.92. The predicted molar refractivity (Wildman–Crippen MR) is 76.1 cm³/mol. The average molecular weight is 291 g/mol. The third-order valence-corrected chi connectivity index (χ3v) is 3.45. The van der Waals surface area contributed by atoms with Crippen molar-refractivity contribution in [3.05, 3.63) is 52.2 Å². The number of hydrogen-bond donors (Lipinski definition) is 2. The molecular formula is C15H18FN3O2. The second-order valence-corrected chi connectivity index (χ2v) is 5.01. The lowest BCUT2D eigenvalue weighted by Crippen LogP contribution is -2.20. The summed E-state index contributed by atoms with van der Waals surface area (Å²) in [6.07, 6.45) is 0. The van der Waals surface area contributed by atoms with Crippen molar-refractivity contribution in [3.8, 4) is 0 Å². The van der Waals surface area contributed by atoms with E-state index < -0.39 is 5.91 Å². The zero-order chi connectivity index (χ0) is 15.6. The molecule has 0 aliphatic carbocycles. The van der Waals surface area contributed by atoms with E-state index in [1.54, 1.807) is 0 Å². The Morgan fingerprint density at radius 2 is 2.19 bits per heavy atom. The van der Waals surface area contributed by atoms with Crippen LogP contribution in [-0.4, -0.2) is 11.1 Å². The second-order valence-electron chi connectivity index (χ2n) is 5.01. The minimum atomic E-state index is -0.574. The zero-order valence-corrected chi connectivity index (χ0v) is 12.2. The van der Waals surface area contributed by atoms with Gasteiger partial charge in [-0.25, -0.2) is 4.39 Å². The lowest BCUT2D eigenvalue weighted by Gasteiger charge is -2.14. The first-order chi connectivity index (χ1) is 9.90. The van der Waals surface area contributed by atoms with Crippen LogP contribution in [0.5, 0.6) is 0 Å². The number of halogens is 1. The molecule has 1 unspecified atom stereocenters. The molecule has 0 aliphatic rings. The first kappa shape index (κ1) is 15.2. The Balaban J connectivity index is 2.13. The van der Waals surface area contributed by atoms with Gasteiger partial charge >= 0.3 is 0 Å². The van der Waals surface area contributed by atoms with E-state index in [9.17, 15) is 9.18 Å². The van der Waals surface area contributed by atoms with Gasteiger partial charge in [0.05, 0.1) is 5.69 Å². The molecule has 2 aromatic rings. The molecule has 6 heteroatoms. The van der Waals surface area contributed by atoms with Gasteiger partial charge in [-0.05, 0) is 39.0 Å². The van der Waals surface area contributed by atoms with Crippen LogP contribution in [0.25, 0.3) is 0 Å². The van der Waals surface area contributed by atoms with E-state index in [-0.39, 0.29) is 24.0 Å². The maximum Gasteiger partial charge on any atom is 0.248 e. The van der Waals surface area contributed by atoms with Crippen LogP contribution < -0.4 is 11.1 Å². The van der Waals surface area contributed by atoms with Gasteiger partial charge in [-0.2, -0.15) is 0 Å². The minimum Gasteiger partial charge on any atom is -0.366 e. The lowest BCUT2D eigenvalue weighted by molar-refractivity contribution is 0.1000. The Bertz CT molecular complexity index is 647. The number of nitrogens with one attached hydrogen (secondary N) is 1. The third kappa shape index (κ3) is 3.28. The van der Waals surface area contributed by atoms with Crippen molar-refractivity contribution in [2.24, 2.45) is 5.73 Å². The Morgan fingerprint density at radius 3 is 2.76 bits per heavy atom. The summed E-state index contributed by atoms with van der Waals surface area (Å²) in [4.78, 5) is 11.1. The number of nitrogens with two attached hydrogens (primary N) is 1. The van der Waals surface area contributed by atoms with Crippen LogP contribution in [0.15, 0.2) is 22.7 Å². The van der Waals surface area contributed by atoms with Crippen LogP contribution >= 0.6 is 0 Å². The van der Waals surface area contributed by atoms with E-state index in [0.717, 1.165) is 17.0 Å². The van der Waals surface area contributed by atoms with Crippen molar-refractivity contribution in [1.29, 1.82) is 0 Å². The Morgan fingerprint density at radius 1 is 1.48 bits per heavy atom. The quantitative estimate of drug-likeness (QED) is 0.886. The minimum absolute atomic E-state index is 0.0483. The van der Waals surface area contributed by atoms with Gasteiger partial charge in [0.1, 0.15) is 11.6 Å². The Hall–Kier alpha value is -2.21. The van der Waals surface area contributed by atoms with E-state index in [1.807, 2.05) is 20.8 Å². The molecular weight excluding hydrogens is 273 g/mol. The number of carbonyl (C=O) groups is 1. The smallest absolute Gasteiger partial charge is 0.248 e. The van der Waals surface area contributed by atoms with Crippen molar-refractivity contribution in [2.75, 3.05) is 0 Å². The van der Waals surface area contributed by atoms with Crippen molar-refractivity contribution in [2.45, 2.75) is 33.4 Å². The Kier molecular flexibility index (Phi) is 4.37. The molecule has 1 aromatic carbocycles. The highest BCUT2D eigenvalue weighted by Crippen LogP contribution is 2.21. The molecule has 21 heavy (non-hydrogen) atoms. The molecule has 0 aliphatic heterocycles. The first-order valence-corrected chi connectivity index (χ1v) is 6.64. The Labute approximate surface area is 122 Å². The monoisotopic (exact) mass is 291 g/mol. The van der Waals surface area contributed by atoms with Crippen LogP contribution in [-0.2, 0) is 6.54 Å². The standard InChI is InChI=1S/C15H18FN3O2/c1-8(14-9(2)19-21-10(14)3)18-7-12-6-11(15(17)20)4-5-13(12)16/h4-6,8,18H,7H2,1-3H3,(H2,17,20). The maximum absolute atomic E-state index is 13.8. The van der Waals surface area contributed by atoms with Crippen molar-refractivity contribution < 1.29 is 13.7 Å². The normalized spacial score (nSPS) is 12.4. The van der Waals surface area contributed by atoms with Gasteiger partial charge in [-0.3, -0.25) is 4.79 Å². The lowest BCUT2D eigenvalue weighted by atomic mass is 10.1. The van der Waals surface area contributed by atoms with Crippen molar-refractivity contribution in [1.82, 2.24) is 10.5 Å². The predicted octanol–water partition coefficient (Wildman–Crippen LogP) is 2.38. The molecule has 0 saturated heterocycles. The summed E-state index contributed by atoms with van der Waals surface area (Å²) in [6, 6.07) is 4.04. The van der Waals surface area contributed by atoms with Gasteiger partial charge in [-0.1, -0.05) is 5.16 Å². The van der Waals surface area contributed by atoms with Gasteiger partial charge in [0.25, 0.3) is 0 Å². The molecule has 2 rings (SSSR count). The number of hydrogen-bond acceptors (Lipinski definition) is 4. The summed E-state index contributed by atoms with van der Waals surface area (Å²) in [7, 11) is 0. The van der Waals surface area contributed by atoms with Crippen LogP contribution in [0.4, 0.5) is 4.39 Å². The van der Waals surface area contributed by atoms with Gasteiger partial charge in [-0.15, -0.1) is 0 Å². The second kappa shape index (κ2) is 6.05. The molecule has 112 valence electrons. The summed E-state index contributed by atoms with van der Waals surface area (Å²) >= 11 is 0. The molecule has 1 heterocycles. The highest BCUT2D eigenvalue weighted by molar-refractivity contribution is 5.92. The van der Waals surface area contributed by atoms with Gasteiger partial charge in [0.2, 0.25) is 5.91 Å². The molecule has 0 radical (unpaired) electrons. The number of aromatic nitrogens is 1. The van der Waals surface area contributed by atoms with E-state index in [1.165, 1.54) is 18.2 Å². The number of benzene rings is 1. The molecule has 1 atom stereocenters. The molecule has 5 nitrogen and oxygen atoms in total. The van der Waals surface area contributed by atoms with Crippen molar-refractivity contribution in [3.63, 3.8) is 0 Å². The third-order valence-electron chi connectivity index (χ3n) is 3.45. The highest BCUT2D eigenvalue weighted by atomic mass is 19.1. The zero-order valence-electron chi connectivity index (χ0n) is 12.2. The molecule has 0 saturated carbocycles. The van der Waals surface area contributed by atoms with Gasteiger partial charge < -0.3 is 15.6 Å².